The second-order valence-corrected chi connectivity index (χ2v) is 5.68. The van der Waals surface area contributed by atoms with E-state index in [1.165, 1.54) is 0 Å². The molecule has 7 nitrogen and oxygen atoms in total. The van der Waals surface area contributed by atoms with Crippen molar-refractivity contribution in [3.63, 3.8) is 0 Å². The number of carbonyl (C=O) groups excluding carboxylic acids is 1. The number of halogens is 1. The SMILES string of the molecule is Cc1cc(C)nc(-n2nc(C)c(CC(=O)NCCCN)c2C)n1.Cl. The summed E-state index contributed by atoms with van der Waals surface area (Å²) in [6, 6.07) is 1.92. The van der Waals surface area contributed by atoms with Crippen molar-refractivity contribution in [3.8, 4) is 5.95 Å². The smallest absolute Gasteiger partial charge is 0.251 e. The average Bonchev–Trinajstić information content (AvgIpc) is 2.75. The van der Waals surface area contributed by atoms with E-state index in [-0.39, 0.29) is 18.3 Å². The first-order chi connectivity index (χ1) is 10.9. The van der Waals surface area contributed by atoms with Crippen LogP contribution >= 0.6 is 12.4 Å². The van der Waals surface area contributed by atoms with Crippen molar-refractivity contribution >= 4 is 18.3 Å². The van der Waals surface area contributed by atoms with Gasteiger partial charge in [0.1, 0.15) is 0 Å². The van der Waals surface area contributed by atoms with E-state index in [9.17, 15) is 4.79 Å². The van der Waals surface area contributed by atoms with Crippen LogP contribution in [0.15, 0.2) is 6.07 Å². The minimum Gasteiger partial charge on any atom is -0.356 e. The minimum absolute atomic E-state index is 0. The lowest BCUT2D eigenvalue weighted by molar-refractivity contribution is -0.120. The number of rotatable bonds is 6. The molecule has 0 radical (unpaired) electrons. The number of nitrogens with one attached hydrogen (secondary N) is 1. The third-order valence-electron chi connectivity index (χ3n) is 3.64. The normalized spacial score (nSPS) is 10.4. The lowest BCUT2D eigenvalue weighted by Crippen LogP contribution is -2.27. The van der Waals surface area contributed by atoms with Gasteiger partial charge in [0, 0.05) is 29.2 Å². The summed E-state index contributed by atoms with van der Waals surface area (Å²) in [5, 5.41) is 7.37. The van der Waals surface area contributed by atoms with Gasteiger partial charge in [-0.25, -0.2) is 14.6 Å². The van der Waals surface area contributed by atoms with Crippen molar-refractivity contribution in [3.05, 3.63) is 34.4 Å². The second kappa shape index (κ2) is 8.75. The maximum atomic E-state index is 12.0. The van der Waals surface area contributed by atoms with Crippen LogP contribution in [0.3, 0.4) is 0 Å². The number of hydrogen-bond acceptors (Lipinski definition) is 5. The van der Waals surface area contributed by atoms with E-state index in [2.05, 4.69) is 20.4 Å². The van der Waals surface area contributed by atoms with Gasteiger partial charge in [-0.1, -0.05) is 0 Å². The molecule has 0 atom stereocenters. The quantitative estimate of drug-likeness (QED) is 0.764. The molecule has 0 spiro atoms. The van der Waals surface area contributed by atoms with Crippen molar-refractivity contribution in [2.45, 2.75) is 40.5 Å². The average molecular weight is 353 g/mol. The van der Waals surface area contributed by atoms with Gasteiger partial charge in [0.25, 0.3) is 5.95 Å². The lowest BCUT2D eigenvalue weighted by Gasteiger charge is -2.06. The van der Waals surface area contributed by atoms with Gasteiger partial charge < -0.3 is 11.1 Å². The molecule has 0 aromatic carbocycles. The van der Waals surface area contributed by atoms with E-state index >= 15 is 0 Å². The predicted octanol–water partition coefficient (Wildman–Crippen LogP) is 1.33. The first kappa shape index (κ1) is 20.1. The van der Waals surface area contributed by atoms with E-state index in [0.29, 0.717) is 25.5 Å². The van der Waals surface area contributed by atoms with Gasteiger partial charge in [-0.2, -0.15) is 5.10 Å². The first-order valence-electron chi connectivity index (χ1n) is 7.77. The highest BCUT2D eigenvalue weighted by Crippen LogP contribution is 2.17. The Morgan fingerprint density at radius 3 is 2.42 bits per heavy atom. The number of amides is 1. The van der Waals surface area contributed by atoms with Crippen LogP contribution in [0.2, 0.25) is 0 Å². The Balaban J connectivity index is 0.00000288. The fraction of sp³-hybridized carbons (Fsp3) is 0.500. The molecule has 2 rings (SSSR count). The van der Waals surface area contributed by atoms with E-state index in [1.54, 1.807) is 4.68 Å². The fourth-order valence-corrected chi connectivity index (χ4v) is 2.48. The molecule has 132 valence electrons. The Bertz CT molecular complexity index is 693. The van der Waals surface area contributed by atoms with Gasteiger partial charge in [0.05, 0.1) is 12.1 Å². The third-order valence-corrected chi connectivity index (χ3v) is 3.64. The summed E-state index contributed by atoms with van der Waals surface area (Å²) in [6.07, 6.45) is 1.08. The zero-order valence-corrected chi connectivity index (χ0v) is 15.4. The number of carbonyl (C=O) groups is 1. The highest BCUT2D eigenvalue weighted by atomic mass is 35.5. The Morgan fingerprint density at radius 2 is 1.83 bits per heavy atom. The number of hydrogen-bond donors (Lipinski definition) is 2. The predicted molar refractivity (Wildman–Crippen MR) is 95.7 cm³/mol. The molecule has 2 aromatic heterocycles. The largest absolute Gasteiger partial charge is 0.356 e. The lowest BCUT2D eigenvalue weighted by atomic mass is 10.1. The molecule has 2 heterocycles. The van der Waals surface area contributed by atoms with Crippen molar-refractivity contribution in [2.24, 2.45) is 5.73 Å². The molecule has 0 aliphatic rings. The van der Waals surface area contributed by atoms with Crippen LogP contribution in [0.4, 0.5) is 0 Å². The molecule has 1 amide bonds. The molecule has 3 N–H and O–H groups in total. The molecule has 0 bridgehead atoms. The topological polar surface area (TPSA) is 98.7 Å². The van der Waals surface area contributed by atoms with Crippen molar-refractivity contribution in [1.29, 1.82) is 0 Å². The highest BCUT2D eigenvalue weighted by Gasteiger charge is 2.17. The molecule has 0 fully saturated rings. The van der Waals surface area contributed by atoms with Gasteiger partial charge in [-0.15, -0.1) is 12.4 Å². The summed E-state index contributed by atoms with van der Waals surface area (Å²) in [6.45, 7) is 8.85. The Kier molecular flexibility index (Phi) is 7.31. The summed E-state index contributed by atoms with van der Waals surface area (Å²) < 4.78 is 1.71. The molecular weight excluding hydrogens is 328 g/mol. The summed E-state index contributed by atoms with van der Waals surface area (Å²) in [5.74, 6) is 0.517. The maximum Gasteiger partial charge on any atom is 0.251 e. The third kappa shape index (κ3) is 4.75. The van der Waals surface area contributed by atoms with Gasteiger partial charge in [-0.05, 0) is 46.7 Å². The molecule has 0 unspecified atom stereocenters. The molecule has 24 heavy (non-hydrogen) atoms. The zero-order valence-electron chi connectivity index (χ0n) is 14.6. The van der Waals surface area contributed by atoms with Crippen LogP contribution in [-0.4, -0.2) is 38.7 Å². The van der Waals surface area contributed by atoms with E-state index < -0.39 is 0 Å². The van der Waals surface area contributed by atoms with E-state index in [0.717, 1.165) is 34.8 Å². The summed E-state index contributed by atoms with van der Waals surface area (Å²) in [5.41, 5.74) is 9.83. The van der Waals surface area contributed by atoms with E-state index in [1.807, 2.05) is 33.8 Å². The Labute approximate surface area is 148 Å². The van der Waals surface area contributed by atoms with Crippen LogP contribution in [-0.2, 0) is 11.2 Å². The monoisotopic (exact) mass is 352 g/mol. The van der Waals surface area contributed by atoms with Crippen LogP contribution in [0.25, 0.3) is 5.95 Å². The number of aromatic nitrogens is 4. The summed E-state index contributed by atoms with van der Waals surface area (Å²) >= 11 is 0. The van der Waals surface area contributed by atoms with Crippen molar-refractivity contribution in [2.75, 3.05) is 13.1 Å². The molecule has 0 saturated heterocycles. The first-order valence-corrected chi connectivity index (χ1v) is 7.77. The van der Waals surface area contributed by atoms with E-state index in [4.69, 9.17) is 5.73 Å². The number of nitrogens with zero attached hydrogens (tertiary/aromatic N) is 4. The standard InChI is InChI=1S/C16H24N6O.ClH/c1-10-8-11(2)20-16(19-10)22-13(4)14(12(3)21-22)9-15(23)18-7-5-6-17;/h8H,5-7,9,17H2,1-4H3,(H,18,23);1H. The summed E-state index contributed by atoms with van der Waals surface area (Å²) in [4.78, 5) is 20.9. The van der Waals surface area contributed by atoms with Gasteiger partial charge >= 0.3 is 0 Å². The highest BCUT2D eigenvalue weighted by molar-refractivity contribution is 5.85. The fourth-order valence-electron chi connectivity index (χ4n) is 2.48. The van der Waals surface area contributed by atoms with Crippen LogP contribution < -0.4 is 11.1 Å². The van der Waals surface area contributed by atoms with Gasteiger partial charge in [-0.3, -0.25) is 4.79 Å². The number of aryl methyl sites for hydroxylation is 3. The van der Waals surface area contributed by atoms with Crippen LogP contribution in [0.5, 0.6) is 0 Å². The maximum absolute atomic E-state index is 12.0. The van der Waals surface area contributed by atoms with Gasteiger partial charge in [0.15, 0.2) is 0 Å². The van der Waals surface area contributed by atoms with Gasteiger partial charge in [0.2, 0.25) is 5.91 Å². The molecular formula is C16H25ClN6O. The van der Waals surface area contributed by atoms with Crippen molar-refractivity contribution < 1.29 is 4.79 Å². The molecule has 8 heteroatoms. The minimum atomic E-state index is -0.0226. The van der Waals surface area contributed by atoms with Crippen molar-refractivity contribution in [1.82, 2.24) is 25.1 Å². The zero-order chi connectivity index (χ0) is 17.0. The molecule has 0 saturated carbocycles. The number of nitrogens with two attached hydrogens (primary N) is 1. The molecule has 0 aliphatic heterocycles. The Morgan fingerprint density at radius 1 is 1.21 bits per heavy atom. The second-order valence-electron chi connectivity index (χ2n) is 5.68. The van der Waals surface area contributed by atoms with Crippen LogP contribution in [0, 0.1) is 27.7 Å². The summed E-state index contributed by atoms with van der Waals surface area (Å²) in [7, 11) is 0. The van der Waals surface area contributed by atoms with Crippen LogP contribution in [0.1, 0.15) is 34.8 Å². The Hall–Kier alpha value is -1.99. The molecule has 0 aliphatic carbocycles. The molecule has 2 aromatic rings.